The van der Waals surface area contributed by atoms with Crippen LogP contribution in [0, 0.1) is 11.3 Å². The van der Waals surface area contributed by atoms with E-state index < -0.39 is 0 Å². The lowest BCUT2D eigenvalue weighted by molar-refractivity contribution is 0.210. The minimum Gasteiger partial charge on any atom is -0.325 e. The van der Waals surface area contributed by atoms with Crippen LogP contribution in [-0.4, -0.2) is 15.3 Å². The van der Waals surface area contributed by atoms with E-state index in [1.165, 1.54) is 37.8 Å². The zero-order valence-corrected chi connectivity index (χ0v) is 13.7. The maximum Gasteiger partial charge on any atom is 0.0492 e. The van der Waals surface area contributed by atoms with Gasteiger partial charge in [0, 0.05) is 24.5 Å². The van der Waals surface area contributed by atoms with E-state index in [0.717, 1.165) is 18.8 Å². The summed E-state index contributed by atoms with van der Waals surface area (Å²) in [5.41, 5.74) is 8.46. The number of nitrogens with zero attached hydrogens (tertiary/aromatic N) is 2. The predicted molar refractivity (Wildman–Crippen MR) is 84.5 cm³/mol. The molecule has 1 fully saturated rings. The molecule has 2 unspecified atom stereocenters. The monoisotopic (exact) mass is 277 g/mol. The number of hydrogen-bond donors (Lipinski definition) is 1. The highest BCUT2D eigenvalue weighted by molar-refractivity contribution is 5.02. The van der Waals surface area contributed by atoms with Crippen LogP contribution in [0.25, 0.3) is 0 Å². The maximum absolute atomic E-state index is 6.70. The van der Waals surface area contributed by atoms with Crippen LogP contribution < -0.4 is 5.73 Å². The molecule has 0 amide bonds. The first-order chi connectivity index (χ1) is 9.30. The summed E-state index contributed by atoms with van der Waals surface area (Å²) in [4.78, 5) is 0. The molecule has 114 valence electrons. The Kier molecular flexibility index (Phi) is 4.58. The van der Waals surface area contributed by atoms with Crippen molar-refractivity contribution in [1.29, 1.82) is 0 Å². The quantitative estimate of drug-likeness (QED) is 0.857. The van der Waals surface area contributed by atoms with Crippen molar-refractivity contribution in [1.82, 2.24) is 9.78 Å². The van der Waals surface area contributed by atoms with Gasteiger partial charge in [-0.15, -0.1) is 0 Å². The van der Waals surface area contributed by atoms with E-state index in [-0.39, 0.29) is 5.54 Å². The Balaban J connectivity index is 1.92. The molecule has 1 aromatic heterocycles. The van der Waals surface area contributed by atoms with E-state index in [1.807, 2.05) is 17.9 Å². The van der Waals surface area contributed by atoms with Crippen LogP contribution in [0.5, 0.6) is 0 Å². The second-order valence-electron chi connectivity index (χ2n) is 7.80. The fourth-order valence-corrected chi connectivity index (χ4v) is 3.57. The van der Waals surface area contributed by atoms with E-state index in [9.17, 15) is 0 Å². The lowest BCUT2D eigenvalue weighted by atomic mass is 9.76. The van der Waals surface area contributed by atoms with Gasteiger partial charge in [0.2, 0.25) is 0 Å². The third-order valence-corrected chi connectivity index (χ3v) is 5.24. The van der Waals surface area contributed by atoms with Crippen LogP contribution in [0.2, 0.25) is 0 Å². The molecule has 0 aliphatic heterocycles. The second kappa shape index (κ2) is 5.88. The summed E-state index contributed by atoms with van der Waals surface area (Å²) in [6.07, 6.45) is 10.3. The van der Waals surface area contributed by atoms with Gasteiger partial charge in [0.15, 0.2) is 0 Å². The molecule has 0 bridgehead atoms. The van der Waals surface area contributed by atoms with Gasteiger partial charge in [0.05, 0.1) is 0 Å². The predicted octanol–water partition coefficient (Wildman–Crippen LogP) is 3.68. The van der Waals surface area contributed by atoms with Gasteiger partial charge in [0.25, 0.3) is 0 Å². The third kappa shape index (κ3) is 3.85. The molecule has 1 saturated carbocycles. The van der Waals surface area contributed by atoms with Gasteiger partial charge >= 0.3 is 0 Å². The van der Waals surface area contributed by atoms with E-state index >= 15 is 0 Å². The summed E-state index contributed by atoms with van der Waals surface area (Å²) >= 11 is 0. The van der Waals surface area contributed by atoms with Gasteiger partial charge in [-0.1, -0.05) is 27.2 Å². The van der Waals surface area contributed by atoms with Crippen molar-refractivity contribution in [3.63, 3.8) is 0 Å². The fraction of sp³-hybridized carbons (Fsp3) is 0.824. The van der Waals surface area contributed by atoms with Crippen molar-refractivity contribution in [2.24, 2.45) is 24.1 Å². The van der Waals surface area contributed by atoms with Crippen LogP contribution in [0.1, 0.15) is 65.0 Å². The molecular weight excluding hydrogens is 246 g/mol. The highest BCUT2D eigenvalue weighted by atomic mass is 15.2. The molecule has 1 aliphatic carbocycles. The zero-order chi connectivity index (χ0) is 14.8. The van der Waals surface area contributed by atoms with Crippen LogP contribution in [0.3, 0.4) is 0 Å². The van der Waals surface area contributed by atoms with Gasteiger partial charge in [0.1, 0.15) is 0 Å². The summed E-state index contributed by atoms with van der Waals surface area (Å²) in [5, 5.41) is 4.24. The Labute approximate surface area is 123 Å². The molecule has 0 aromatic carbocycles. The first kappa shape index (κ1) is 15.6. The summed E-state index contributed by atoms with van der Waals surface area (Å²) in [5.74, 6) is 0.824. The molecule has 2 atom stereocenters. The normalized spacial score (nSPS) is 28.4. The largest absolute Gasteiger partial charge is 0.325 e. The molecular formula is C17H31N3. The average molecular weight is 277 g/mol. The topological polar surface area (TPSA) is 43.8 Å². The smallest absolute Gasteiger partial charge is 0.0492 e. The molecule has 1 aliphatic rings. The average Bonchev–Trinajstić information content (AvgIpc) is 2.64. The molecule has 0 saturated heterocycles. The lowest BCUT2D eigenvalue weighted by Crippen LogP contribution is -2.40. The molecule has 2 rings (SSSR count). The first-order valence-electron chi connectivity index (χ1n) is 8.06. The van der Waals surface area contributed by atoms with E-state index in [4.69, 9.17) is 5.73 Å². The standard InChI is InChI=1S/C17H31N3/c1-16(2,3)14-6-5-10-17(18,11-7-14)12-8-15-9-13-19-20(15)4/h9,13-14H,5-8,10-12,18H2,1-4H3. The van der Waals surface area contributed by atoms with Crippen molar-refractivity contribution >= 4 is 0 Å². The summed E-state index contributed by atoms with van der Waals surface area (Å²) in [6, 6.07) is 2.11. The van der Waals surface area contributed by atoms with Crippen molar-refractivity contribution in [2.75, 3.05) is 0 Å². The number of aryl methyl sites for hydroxylation is 2. The highest BCUT2D eigenvalue weighted by Crippen LogP contribution is 2.40. The zero-order valence-electron chi connectivity index (χ0n) is 13.7. The Morgan fingerprint density at radius 3 is 2.70 bits per heavy atom. The molecule has 1 heterocycles. The van der Waals surface area contributed by atoms with Gasteiger partial charge in [-0.05, 0) is 55.9 Å². The first-order valence-corrected chi connectivity index (χ1v) is 8.06. The summed E-state index contributed by atoms with van der Waals surface area (Å²) < 4.78 is 1.97. The second-order valence-corrected chi connectivity index (χ2v) is 7.80. The Morgan fingerprint density at radius 2 is 2.10 bits per heavy atom. The molecule has 2 N–H and O–H groups in total. The van der Waals surface area contributed by atoms with Gasteiger partial charge in [-0.3, -0.25) is 4.68 Å². The van der Waals surface area contributed by atoms with Crippen molar-refractivity contribution in [3.05, 3.63) is 18.0 Å². The summed E-state index contributed by atoms with van der Waals surface area (Å²) in [6.45, 7) is 7.12. The van der Waals surface area contributed by atoms with Crippen LogP contribution in [0.4, 0.5) is 0 Å². The van der Waals surface area contributed by atoms with E-state index in [0.29, 0.717) is 5.41 Å². The molecule has 3 heteroatoms. The van der Waals surface area contributed by atoms with Crippen LogP contribution in [0.15, 0.2) is 12.3 Å². The number of aromatic nitrogens is 2. The van der Waals surface area contributed by atoms with E-state index in [1.54, 1.807) is 0 Å². The lowest BCUT2D eigenvalue weighted by Gasteiger charge is -2.31. The fourth-order valence-electron chi connectivity index (χ4n) is 3.57. The van der Waals surface area contributed by atoms with Crippen molar-refractivity contribution in [3.8, 4) is 0 Å². The Morgan fingerprint density at radius 1 is 1.35 bits per heavy atom. The van der Waals surface area contributed by atoms with Crippen LogP contribution >= 0.6 is 0 Å². The van der Waals surface area contributed by atoms with Gasteiger partial charge in [-0.25, -0.2) is 0 Å². The Hall–Kier alpha value is -0.830. The minimum absolute atomic E-state index is 0.0320. The maximum atomic E-state index is 6.70. The Bertz CT molecular complexity index is 430. The van der Waals surface area contributed by atoms with Crippen molar-refractivity contribution in [2.45, 2.75) is 71.3 Å². The summed E-state index contributed by atoms with van der Waals surface area (Å²) in [7, 11) is 2.02. The highest BCUT2D eigenvalue weighted by Gasteiger charge is 2.33. The van der Waals surface area contributed by atoms with Gasteiger partial charge in [-0.2, -0.15) is 5.10 Å². The number of rotatable bonds is 3. The number of nitrogens with two attached hydrogens (primary N) is 1. The number of hydrogen-bond acceptors (Lipinski definition) is 2. The SMILES string of the molecule is Cn1nccc1CCC1(N)CCCC(C(C)(C)C)CC1. The molecule has 0 spiro atoms. The molecule has 20 heavy (non-hydrogen) atoms. The van der Waals surface area contributed by atoms with E-state index in [2.05, 4.69) is 31.9 Å². The molecule has 3 nitrogen and oxygen atoms in total. The third-order valence-electron chi connectivity index (χ3n) is 5.24. The van der Waals surface area contributed by atoms with Crippen molar-refractivity contribution < 1.29 is 0 Å². The molecule has 1 aromatic rings. The minimum atomic E-state index is 0.0320. The van der Waals surface area contributed by atoms with Gasteiger partial charge < -0.3 is 5.73 Å². The molecule has 0 radical (unpaired) electrons. The van der Waals surface area contributed by atoms with Crippen LogP contribution in [-0.2, 0) is 13.5 Å².